The number of nitrogens with one attached hydrogen (secondary N) is 3. The number of likely N-dealkylation sites (tertiary alicyclic amines) is 2. The topological polar surface area (TPSA) is 149 Å². The van der Waals surface area contributed by atoms with Gasteiger partial charge in [-0.15, -0.1) is 0 Å². The van der Waals surface area contributed by atoms with E-state index in [4.69, 9.17) is 11.1 Å². The van der Waals surface area contributed by atoms with Crippen molar-refractivity contribution < 1.29 is 18.0 Å². The van der Waals surface area contributed by atoms with Crippen LogP contribution >= 0.6 is 0 Å². The van der Waals surface area contributed by atoms with E-state index in [-0.39, 0.29) is 36.2 Å². The third-order valence-corrected chi connectivity index (χ3v) is 7.03. The average molecular weight is 479 g/mol. The van der Waals surface area contributed by atoms with E-state index in [0.717, 1.165) is 24.7 Å². The zero-order valence-corrected chi connectivity index (χ0v) is 19.8. The van der Waals surface area contributed by atoms with Crippen LogP contribution in [0.15, 0.2) is 30.3 Å². The number of nitrogens with zero attached hydrogens (tertiary/aromatic N) is 2. The lowest BCUT2D eigenvalue weighted by Gasteiger charge is -2.32. The molecule has 2 fully saturated rings. The third-order valence-electron chi connectivity index (χ3n) is 6.32. The monoisotopic (exact) mass is 478 g/mol. The molecular weight excluding hydrogens is 444 g/mol. The van der Waals surface area contributed by atoms with Gasteiger partial charge >= 0.3 is 0 Å². The number of hydrogen-bond acceptors (Lipinski definition) is 5. The first kappa shape index (κ1) is 25.0. The van der Waals surface area contributed by atoms with Crippen molar-refractivity contribution in [3.63, 3.8) is 0 Å². The maximum atomic E-state index is 13.3. The van der Waals surface area contributed by atoms with Gasteiger partial charge in [-0.3, -0.25) is 15.0 Å². The first-order valence-corrected chi connectivity index (χ1v) is 13.2. The zero-order valence-electron chi connectivity index (χ0n) is 19.0. The van der Waals surface area contributed by atoms with Crippen molar-refractivity contribution in [2.45, 2.75) is 44.2 Å². The highest BCUT2D eigenvalue weighted by Gasteiger charge is 2.35. The smallest absolute Gasteiger partial charge is 0.241 e. The number of carbonyl (C=O) groups is 2. The van der Waals surface area contributed by atoms with Crippen LogP contribution in [0, 0.1) is 11.3 Å². The van der Waals surface area contributed by atoms with Crippen molar-refractivity contribution in [2.75, 3.05) is 32.4 Å². The lowest BCUT2D eigenvalue weighted by molar-refractivity contribution is -0.134. The molecule has 0 aromatic heterocycles. The summed E-state index contributed by atoms with van der Waals surface area (Å²) >= 11 is 0. The van der Waals surface area contributed by atoms with E-state index in [9.17, 15) is 18.0 Å². The SMILES string of the molecule is CS(=O)(=O)NC(Cc1ccccc1)C(=O)N1CCCC1CNC(=O)C1CCN(C(=N)N)CC1. The summed E-state index contributed by atoms with van der Waals surface area (Å²) in [4.78, 5) is 29.4. The molecule has 33 heavy (non-hydrogen) atoms. The second kappa shape index (κ2) is 11.0. The molecule has 2 heterocycles. The first-order valence-electron chi connectivity index (χ1n) is 11.3. The molecule has 11 heteroatoms. The molecule has 0 saturated carbocycles. The minimum absolute atomic E-state index is 0.0294. The van der Waals surface area contributed by atoms with Gasteiger partial charge in [-0.2, -0.15) is 0 Å². The Morgan fingerprint density at radius 2 is 1.82 bits per heavy atom. The third kappa shape index (κ3) is 7.16. The van der Waals surface area contributed by atoms with Gasteiger partial charge in [0.2, 0.25) is 21.8 Å². The molecule has 1 aromatic rings. The van der Waals surface area contributed by atoms with Gasteiger partial charge in [0.15, 0.2) is 5.96 Å². The summed E-state index contributed by atoms with van der Waals surface area (Å²) in [7, 11) is -3.58. The maximum Gasteiger partial charge on any atom is 0.241 e. The van der Waals surface area contributed by atoms with E-state index in [1.54, 1.807) is 9.80 Å². The summed E-state index contributed by atoms with van der Waals surface area (Å²) in [5.41, 5.74) is 6.38. The van der Waals surface area contributed by atoms with Crippen molar-refractivity contribution >= 4 is 27.8 Å². The molecule has 0 radical (unpaired) electrons. The van der Waals surface area contributed by atoms with Gasteiger partial charge in [-0.1, -0.05) is 30.3 Å². The number of hydrogen-bond donors (Lipinski definition) is 4. The molecule has 10 nitrogen and oxygen atoms in total. The van der Waals surface area contributed by atoms with Crippen LogP contribution < -0.4 is 15.8 Å². The number of guanidine groups is 1. The maximum absolute atomic E-state index is 13.3. The molecule has 1 aromatic carbocycles. The Balaban J connectivity index is 1.59. The molecule has 2 saturated heterocycles. The van der Waals surface area contributed by atoms with Gasteiger partial charge in [0, 0.05) is 38.1 Å². The molecule has 2 atom stereocenters. The van der Waals surface area contributed by atoms with E-state index >= 15 is 0 Å². The van der Waals surface area contributed by atoms with Gasteiger partial charge in [0.1, 0.15) is 6.04 Å². The minimum atomic E-state index is -3.58. The highest BCUT2D eigenvalue weighted by atomic mass is 32.2. The summed E-state index contributed by atoms with van der Waals surface area (Å²) in [5.74, 6) is -0.422. The van der Waals surface area contributed by atoms with Crippen LogP contribution in [0.4, 0.5) is 0 Å². The molecule has 2 aliphatic rings. The molecule has 0 spiro atoms. The molecule has 2 amide bonds. The van der Waals surface area contributed by atoms with Gasteiger partial charge in [-0.25, -0.2) is 13.1 Å². The molecule has 5 N–H and O–H groups in total. The van der Waals surface area contributed by atoms with Crippen LogP contribution in [-0.2, 0) is 26.0 Å². The highest BCUT2D eigenvalue weighted by molar-refractivity contribution is 7.88. The summed E-state index contributed by atoms with van der Waals surface area (Å²) < 4.78 is 26.3. The molecule has 3 rings (SSSR count). The van der Waals surface area contributed by atoms with Crippen molar-refractivity contribution in [1.29, 1.82) is 5.41 Å². The predicted molar refractivity (Wildman–Crippen MR) is 126 cm³/mol. The van der Waals surface area contributed by atoms with Crippen molar-refractivity contribution in [1.82, 2.24) is 19.8 Å². The number of rotatable bonds is 8. The fourth-order valence-electron chi connectivity index (χ4n) is 4.57. The normalized spacial score (nSPS) is 20.5. The molecular formula is C22H34N6O4S. The fourth-order valence-corrected chi connectivity index (χ4v) is 5.27. The van der Waals surface area contributed by atoms with Crippen molar-refractivity contribution in [3.8, 4) is 0 Å². The van der Waals surface area contributed by atoms with Gasteiger partial charge < -0.3 is 20.9 Å². The number of amides is 2. The summed E-state index contributed by atoms with van der Waals surface area (Å²) in [5, 5.41) is 10.5. The van der Waals surface area contributed by atoms with E-state index in [1.165, 1.54) is 0 Å². The molecule has 2 unspecified atom stereocenters. The van der Waals surface area contributed by atoms with Gasteiger partial charge in [-0.05, 0) is 37.7 Å². The Labute approximate surface area is 195 Å². The number of nitrogens with two attached hydrogens (primary N) is 1. The van der Waals surface area contributed by atoms with E-state index < -0.39 is 16.1 Å². The Morgan fingerprint density at radius 3 is 2.42 bits per heavy atom. The van der Waals surface area contributed by atoms with Crippen LogP contribution in [0.3, 0.4) is 0 Å². The molecule has 0 bridgehead atoms. The second-order valence-corrected chi connectivity index (χ2v) is 10.6. The van der Waals surface area contributed by atoms with Crippen LogP contribution in [0.5, 0.6) is 0 Å². The number of benzene rings is 1. The number of sulfonamides is 1. The van der Waals surface area contributed by atoms with E-state index in [0.29, 0.717) is 39.0 Å². The number of carbonyl (C=O) groups excluding carboxylic acids is 2. The van der Waals surface area contributed by atoms with E-state index in [1.807, 2.05) is 30.3 Å². The lowest BCUT2D eigenvalue weighted by atomic mass is 9.96. The fraction of sp³-hybridized carbons (Fsp3) is 0.591. The Bertz CT molecular complexity index is 947. The average Bonchev–Trinajstić information content (AvgIpc) is 3.25. The molecule has 0 aliphatic carbocycles. The highest BCUT2D eigenvalue weighted by Crippen LogP contribution is 2.21. The lowest BCUT2D eigenvalue weighted by Crippen LogP contribution is -2.53. The van der Waals surface area contributed by atoms with Crippen LogP contribution in [0.25, 0.3) is 0 Å². The standard InChI is InChI=1S/C22H34N6O4S/c1-33(31,32)26-19(14-16-6-3-2-4-7-16)21(30)28-11-5-8-18(28)15-25-20(29)17-9-12-27(13-10-17)22(23)24/h2-4,6-7,17-19,26H,5,8-15H2,1H3,(H3,23,24)(H,25,29). The van der Waals surface area contributed by atoms with Gasteiger partial charge in [0.25, 0.3) is 0 Å². The predicted octanol–water partition coefficient (Wildman–Crippen LogP) is -0.140. The Kier molecular flexibility index (Phi) is 8.30. The van der Waals surface area contributed by atoms with Crippen molar-refractivity contribution in [2.24, 2.45) is 11.7 Å². The molecule has 182 valence electrons. The van der Waals surface area contributed by atoms with Crippen LogP contribution in [0.1, 0.15) is 31.2 Å². The van der Waals surface area contributed by atoms with Gasteiger partial charge in [0.05, 0.1) is 6.26 Å². The quantitative estimate of drug-likeness (QED) is 0.302. The number of piperidine rings is 1. The second-order valence-electron chi connectivity index (χ2n) is 8.85. The summed E-state index contributed by atoms with van der Waals surface area (Å²) in [6, 6.07) is 8.24. The Hall–Kier alpha value is -2.66. The summed E-state index contributed by atoms with van der Waals surface area (Å²) in [6.45, 7) is 2.04. The Morgan fingerprint density at radius 1 is 1.15 bits per heavy atom. The van der Waals surface area contributed by atoms with Crippen LogP contribution in [-0.4, -0.2) is 80.5 Å². The van der Waals surface area contributed by atoms with E-state index in [2.05, 4.69) is 10.0 Å². The van der Waals surface area contributed by atoms with Crippen LogP contribution in [0.2, 0.25) is 0 Å². The molecule has 2 aliphatic heterocycles. The van der Waals surface area contributed by atoms with Crippen molar-refractivity contribution in [3.05, 3.63) is 35.9 Å². The zero-order chi connectivity index (χ0) is 24.0. The minimum Gasteiger partial charge on any atom is -0.370 e. The first-order chi connectivity index (χ1) is 15.6. The largest absolute Gasteiger partial charge is 0.370 e. The summed E-state index contributed by atoms with van der Waals surface area (Å²) in [6.07, 6.45) is 4.15.